The van der Waals surface area contributed by atoms with E-state index in [0.717, 1.165) is 25.9 Å². The standard InChI is InChI=1S/C14H24N4/c1-3-12(10-13-6-7-16-17-13)14(2,11-15)18-8-4-5-9-18/h6-7,11-12,15H,3-5,8-10H2,1-2H3,(H,16,17)/t12-,14?/m1/s1. The molecule has 4 nitrogen and oxygen atoms in total. The van der Waals surface area contributed by atoms with Crippen molar-refractivity contribution in [3.05, 3.63) is 18.0 Å². The summed E-state index contributed by atoms with van der Waals surface area (Å²) < 4.78 is 0. The van der Waals surface area contributed by atoms with Gasteiger partial charge in [0.2, 0.25) is 0 Å². The maximum absolute atomic E-state index is 7.89. The molecule has 2 heterocycles. The Kier molecular flexibility index (Phi) is 4.17. The van der Waals surface area contributed by atoms with Gasteiger partial charge in [0.25, 0.3) is 0 Å². The molecule has 18 heavy (non-hydrogen) atoms. The lowest BCUT2D eigenvalue weighted by Gasteiger charge is -2.41. The fraction of sp³-hybridized carbons (Fsp3) is 0.714. The van der Waals surface area contributed by atoms with E-state index in [9.17, 15) is 0 Å². The minimum atomic E-state index is -0.115. The lowest BCUT2D eigenvalue weighted by molar-refractivity contribution is 0.133. The van der Waals surface area contributed by atoms with Crippen molar-refractivity contribution in [3.8, 4) is 0 Å². The zero-order chi connectivity index (χ0) is 13.0. The van der Waals surface area contributed by atoms with Crippen molar-refractivity contribution in [3.63, 3.8) is 0 Å². The Labute approximate surface area is 109 Å². The van der Waals surface area contributed by atoms with Crippen LogP contribution < -0.4 is 0 Å². The Hall–Kier alpha value is -1.16. The lowest BCUT2D eigenvalue weighted by Crippen LogP contribution is -2.52. The maximum Gasteiger partial charge on any atom is 0.0559 e. The smallest absolute Gasteiger partial charge is 0.0559 e. The third kappa shape index (κ3) is 2.48. The van der Waals surface area contributed by atoms with Gasteiger partial charge < -0.3 is 5.41 Å². The van der Waals surface area contributed by atoms with Crippen LogP contribution in [-0.2, 0) is 6.42 Å². The number of aromatic amines is 1. The number of hydrogen-bond acceptors (Lipinski definition) is 3. The number of nitrogens with one attached hydrogen (secondary N) is 2. The minimum Gasteiger partial charge on any atom is -0.311 e. The van der Waals surface area contributed by atoms with Gasteiger partial charge in [0.15, 0.2) is 0 Å². The second-order valence-electron chi connectivity index (χ2n) is 5.46. The zero-order valence-electron chi connectivity index (χ0n) is 11.4. The predicted molar refractivity (Wildman–Crippen MR) is 74.1 cm³/mol. The molecular weight excluding hydrogens is 224 g/mol. The van der Waals surface area contributed by atoms with Crippen molar-refractivity contribution in [2.24, 2.45) is 5.92 Å². The molecule has 0 aliphatic carbocycles. The first kappa shape index (κ1) is 13.3. The summed E-state index contributed by atoms with van der Waals surface area (Å²) in [6, 6.07) is 2.04. The average Bonchev–Trinajstić information content (AvgIpc) is 3.07. The van der Waals surface area contributed by atoms with Gasteiger partial charge in [-0.2, -0.15) is 5.10 Å². The Morgan fingerprint density at radius 2 is 2.28 bits per heavy atom. The summed E-state index contributed by atoms with van der Waals surface area (Å²) in [5, 5.41) is 15.0. The van der Waals surface area contributed by atoms with Crippen molar-refractivity contribution in [1.29, 1.82) is 5.41 Å². The Morgan fingerprint density at radius 1 is 1.56 bits per heavy atom. The van der Waals surface area contributed by atoms with Crippen molar-refractivity contribution < 1.29 is 0 Å². The first-order valence-corrected chi connectivity index (χ1v) is 6.95. The largest absolute Gasteiger partial charge is 0.311 e. The SMILES string of the molecule is CC[C@H](Cc1ccn[nH]1)C(C)(C=N)N1CCCC1. The van der Waals surface area contributed by atoms with E-state index in [4.69, 9.17) is 5.41 Å². The van der Waals surface area contributed by atoms with Crippen LogP contribution in [0, 0.1) is 11.3 Å². The molecule has 1 fully saturated rings. The summed E-state index contributed by atoms with van der Waals surface area (Å²) in [6.07, 6.45) is 8.05. The highest BCUT2D eigenvalue weighted by Crippen LogP contribution is 2.31. The number of aromatic nitrogens is 2. The molecule has 1 unspecified atom stereocenters. The van der Waals surface area contributed by atoms with Crippen LogP contribution in [0.4, 0.5) is 0 Å². The predicted octanol–water partition coefficient (Wildman–Crippen LogP) is 2.48. The fourth-order valence-electron chi connectivity index (χ4n) is 3.09. The average molecular weight is 248 g/mol. The molecule has 0 spiro atoms. The molecule has 4 heteroatoms. The summed E-state index contributed by atoms with van der Waals surface area (Å²) in [7, 11) is 0. The van der Waals surface area contributed by atoms with Crippen LogP contribution in [0.2, 0.25) is 0 Å². The van der Waals surface area contributed by atoms with Gasteiger partial charge in [0.1, 0.15) is 0 Å². The molecule has 2 N–H and O–H groups in total. The third-order valence-corrected chi connectivity index (χ3v) is 4.42. The molecule has 0 bridgehead atoms. The number of hydrogen-bond donors (Lipinski definition) is 2. The molecule has 1 aliphatic heterocycles. The Morgan fingerprint density at radius 3 is 2.78 bits per heavy atom. The summed E-state index contributed by atoms with van der Waals surface area (Å²) in [5.74, 6) is 0.466. The van der Waals surface area contributed by atoms with Crippen LogP contribution in [0.1, 0.15) is 38.8 Å². The van der Waals surface area contributed by atoms with Crippen molar-refractivity contribution in [2.75, 3.05) is 13.1 Å². The highest BCUT2D eigenvalue weighted by Gasteiger charge is 2.38. The Bertz CT molecular complexity index is 367. The van der Waals surface area contributed by atoms with E-state index in [-0.39, 0.29) is 5.54 Å². The van der Waals surface area contributed by atoms with Gasteiger partial charge in [-0.1, -0.05) is 13.3 Å². The summed E-state index contributed by atoms with van der Waals surface area (Å²) in [4.78, 5) is 2.48. The van der Waals surface area contributed by atoms with Gasteiger partial charge in [-0.15, -0.1) is 0 Å². The molecular formula is C14H24N4. The monoisotopic (exact) mass is 248 g/mol. The summed E-state index contributed by atoms with van der Waals surface area (Å²) >= 11 is 0. The number of H-pyrrole nitrogens is 1. The van der Waals surface area contributed by atoms with Gasteiger partial charge in [-0.3, -0.25) is 10.00 Å². The zero-order valence-corrected chi connectivity index (χ0v) is 11.4. The van der Waals surface area contributed by atoms with Crippen LogP contribution in [0.3, 0.4) is 0 Å². The van der Waals surface area contributed by atoms with E-state index in [2.05, 4.69) is 28.9 Å². The van der Waals surface area contributed by atoms with Gasteiger partial charge in [-0.05, 0) is 51.3 Å². The molecule has 0 saturated carbocycles. The molecule has 0 radical (unpaired) electrons. The molecule has 1 saturated heterocycles. The second-order valence-corrected chi connectivity index (χ2v) is 5.46. The number of rotatable bonds is 6. The topological polar surface area (TPSA) is 55.8 Å². The maximum atomic E-state index is 7.89. The van der Waals surface area contributed by atoms with Crippen molar-refractivity contribution in [1.82, 2.24) is 15.1 Å². The summed E-state index contributed by atoms with van der Waals surface area (Å²) in [5.41, 5.74) is 1.06. The van der Waals surface area contributed by atoms with Crippen LogP contribution in [0.15, 0.2) is 12.3 Å². The second kappa shape index (κ2) is 5.65. The fourth-order valence-corrected chi connectivity index (χ4v) is 3.09. The van der Waals surface area contributed by atoms with E-state index in [1.54, 1.807) is 12.4 Å². The van der Waals surface area contributed by atoms with Gasteiger partial charge >= 0.3 is 0 Å². The van der Waals surface area contributed by atoms with Crippen molar-refractivity contribution >= 4 is 6.21 Å². The quantitative estimate of drug-likeness (QED) is 0.760. The van der Waals surface area contributed by atoms with Crippen molar-refractivity contribution in [2.45, 2.75) is 45.1 Å². The van der Waals surface area contributed by atoms with Gasteiger partial charge in [-0.25, -0.2) is 0 Å². The number of likely N-dealkylation sites (tertiary alicyclic amines) is 1. The normalized spacial score (nSPS) is 21.7. The lowest BCUT2D eigenvalue weighted by atomic mass is 9.80. The van der Waals surface area contributed by atoms with Crippen LogP contribution in [-0.4, -0.2) is 39.9 Å². The minimum absolute atomic E-state index is 0.115. The molecule has 0 aromatic carbocycles. The molecule has 0 amide bonds. The molecule has 2 atom stereocenters. The third-order valence-electron chi connectivity index (χ3n) is 4.42. The molecule has 1 aromatic rings. The van der Waals surface area contributed by atoms with E-state index in [1.165, 1.54) is 18.5 Å². The van der Waals surface area contributed by atoms with Gasteiger partial charge in [0.05, 0.1) is 5.54 Å². The van der Waals surface area contributed by atoms with Crippen LogP contribution >= 0.6 is 0 Å². The summed E-state index contributed by atoms with van der Waals surface area (Å²) in [6.45, 7) is 6.70. The van der Waals surface area contributed by atoms with E-state index < -0.39 is 0 Å². The molecule has 1 aromatic heterocycles. The Balaban J connectivity index is 2.14. The first-order valence-electron chi connectivity index (χ1n) is 6.95. The van der Waals surface area contributed by atoms with E-state index in [0.29, 0.717) is 5.92 Å². The first-order chi connectivity index (χ1) is 8.70. The van der Waals surface area contributed by atoms with Gasteiger partial charge in [0, 0.05) is 18.1 Å². The molecule has 1 aliphatic rings. The highest BCUT2D eigenvalue weighted by molar-refractivity contribution is 5.67. The van der Waals surface area contributed by atoms with E-state index >= 15 is 0 Å². The van der Waals surface area contributed by atoms with Crippen LogP contribution in [0.5, 0.6) is 0 Å². The van der Waals surface area contributed by atoms with Crippen LogP contribution in [0.25, 0.3) is 0 Å². The molecule has 100 valence electrons. The highest BCUT2D eigenvalue weighted by atomic mass is 15.2. The molecule has 2 rings (SSSR count). The number of nitrogens with zero attached hydrogens (tertiary/aromatic N) is 2. The van der Waals surface area contributed by atoms with E-state index in [1.807, 2.05) is 6.07 Å².